The average molecular weight is 346 g/mol. The van der Waals surface area contributed by atoms with Crippen molar-refractivity contribution in [3.63, 3.8) is 0 Å². The molecule has 1 aromatic rings. The van der Waals surface area contributed by atoms with Crippen molar-refractivity contribution in [1.82, 2.24) is 10.2 Å². The molecule has 1 heterocycles. The van der Waals surface area contributed by atoms with Crippen molar-refractivity contribution in [1.29, 1.82) is 0 Å². The minimum atomic E-state index is -4.61. The molecule has 2 amide bonds. The van der Waals surface area contributed by atoms with E-state index in [2.05, 4.69) is 5.32 Å². The maximum Gasteiger partial charge on any atom is 0.408 e. The van der Waals surface area contributed by atoms with Crippen LogP contribution in [0.5, 0.6) is 0 Å². The van der Waals surface area contributed by atoms with Gasteiger partial charge in [-0.05, 0) is 31.9 Å². The molecular formula is C16H18F4N2O2. The van der Waals surface area contributed by atoms with E-state index in [9.17, 15) is 27.2 Å². The second-order valence-electron chi connectivity index (χ2n) is 5.97. The minimum Gasteiger partial charge on any atom is -0.352 e. The number of carbonyl (C=O) groups excluding carboxylic acids is 2. The molecule has 24 heavy (non-hydrogen) atoms. The molecule has 0 saturated carbocycles. The van der Waals surface area contributed by atoms with Crippen molar-refractivity contribution in [3.8, 4) is 0 Å². The van der Waals surface area contributed by atoms with Crippen LogP contribution in [0.4, 0.5) is 17.6 Å². The van der Waals surface area contributed by atoms with Gasteiger partial charge in [-0.2, -0.15) is 13.2 Å². The Bertz CT molecular complexity index is 645. The van der Waals surface area contributed by atoms with Crippen LogP contribution in [0.1, 0.15) is 35.7 Å². The van der Waals surface area contributed by atoms with Crippen molar-refractivity contribution in [3.05, 3.63) is 35.1 Å². The lowest BCUT2D eigenvalue weighted by Crippen LogP contribution is -2.58. The van der Waals surface area contributed by atoms with Crippen LogP contribution in [0, 0.1) is 12.7 Å². The molecule has 2 atom stereocenters. The van der Waals surface area contributed by atoms with Gasteiger partial charge in [0.25, 0.3) is 5.91 Å². The lowest BCUT2D eigenvalue weighted by atomic mass is 9.96. The number of carbonyl (C=O) groups is 2. The summed E-state index contributed by atoms with van der Waals surface area (Å²) in [5, 5.41) is 2.52. The van der Waals surface area contributed by atoms with E-state index in [1.807, 2.05) is 0 Å². The third kappa shape index (κ3) is 4.04. The summed E-state index contributed by atoms with van der Waals surface area (Å²) < 4.78 is 53.7. The fourth-order valence-electron chi connectivity index (χ4n) is 2.90. The van der Waals surface area contributed by atoms with Crippen LogP contribution < -0.4 is 5.32 Å². The highest BCUT2D eigenvalue weighted by molar-refractivity contribution is 5.95. The fraction of sp³-hybridized carbons (Fsp3) is 0.500. The Balaban J connectivity index is 2.33. The van der Waals surface area contributed by atoms with Crippen LogP contribution in [0.15, 0.2) is 18.2 Å². The molecule has 0 aliphatic carbocycles. The van der Waals surface area contributed by atoms with Crippen LogP contribution in [-0.2, 0) is 4.79 Å². The van der Waals surface area contributed by atoms with E-state index in [-0.39, 0.29) is 25.3 Å². The Morgan fingerprint density at radius 3 is 2.50 bits per heavy atom. The molecular weight excluding hydrogens is 328 g/mol. The van der Waals surface area contributed by atoms with Gasteiger partial charge < -0.3 is 10.2 Å². The third-order valence-corrected chi connectivity index (χ3v) is 3.98. The second kappa shape index (κ2) is 6.78. The van der Waals surface area contributed by atoms with Crippen LogP contribution >= 0.6 is 0 Å². The normalized spacial score (nSPS) is 21.5. The zero-order valence-electron chi connectivity index (χ0n) is 13.3. The zero-order valence-corrected chi connectivity index (χ0v) is 13.3. The molecule has 1 aliphatic rings. The molecule has 0 bridgehead atoms. The maximum absolute atomic E-state index is 13.9. The van der Waals surface area contributed by atoms with Crippen molar-refractivity contribution in [2.75, 3.05) is 6.54 Å². The summed E-state index contributed by atoms with van der Waals surface area (Å²) in [5.41, 5.74) is 0.173. The monoisotopic (exact) mass is 346 g/mol. The number of rotatable bonds is 2. The van der Waals surface area contributed by atoms with Gasteiger partial charge in [-0.3, -0.25) is 9.59 Å². The lowest BCUT2D eigenvalue weighted by molar-refractivity contribution is -0.184. The number of benzene rings is 1. The maximum atomic E-state index is 13.9. The third-order valence-electron chi connectivity index (χ3n) is 3.98. The number of hydrogen-bond acceptors (Lipinski definition) is 2. The topological polar surface area (TPSA) is 49.4 Å². The molecule has 1 aliphatic heterocycles. The number of nitrogens with zero attached hydrogens (tertiary/aromatic N) is 1. The van der Waals surface area contributed by atoms with Crippen molar-refractivity contribution in [2.24, 2.45) is 0 Å². The highest BCUT2D eigenvalue weighted by Crippen LogP contribution is 2.33. The summed E-state index contributed by atoms with van der Waals surface area (Å²) in [5.74, 6) is -2.28. The van der Waals surface area contributed by atoms with E-state index < -0.39 is 35.5 Å². The summed E-state index contributed by atoms with van der Waals surface area (Å²) in [4.78, 5) is 24.3. The van der Waals surface area contributed by atoms with Crippen molar-refractivity contribution < 1.29 is 27.2 Å². The van der Waals surface area contributed by atoms with Gasteiger partial charge in [-0.1, -0.05) is 11.6 Å². The number of amides is 2. The summed E-state index contributed by atoms with van der Waals surface area (Å²) in [6.45, 7) is 2.56. The molecule has 2 rings (SSSR count). The number of likely N-dealkylation sites (tertiary alicyclic amines) is 1. The first kappa shape index (κ1) is 18.2. The van der Waals surface area contributed by atoms with E-state index in [1.54, 1.807) is 6.92 Å². The number of aryl methyl sites for hydroxylation is 1. The Morgan fingerprint density at radius 2 is 1.92 bits per heavy atom. The molecule has 4 nitrogen and oxygen atoms in total. The molecule has 1 fully saturated rings. The molecule has 0 radical (unpaired) electrons. The summed E-state index contributed by atoms with van der Waals surface area (Å²) in [6, 6.07) is 1.14. The number of alkyl halides is 3. The largest absolute Gasteiger partial charge is 0.408 e. The molecule has 1 aromatic carbocycles. The van der Waals surface area contributed by atoms with Gasteiger partial charge in [0.05, 0.1) is 5.56 Å². The molecule has 1 saturated heterocycles. The summed E-state index contributed by atoms with van der Waals surface area (Å²) >= 11 is 0. The van der Waals surface area contributed by atoms with Crippen LogP contribution in [0.2, 0.25) is 0 Å². The van der Waals surface area contributed by atoms with Gasteiger partial charge in [0.2, 0.25) is 5.91 Å². The Kier molecular flexibility index (Phi) is 5.15. The van der Waals surface area contributed by atoms with Gasteiger partial charge in [0.15, 0.2) is 0 Å². The molecule has 8 heteroatoms. The van der Waals surface area contributed by atoms with E-state index in [1.165, 1.54) is 19.1 Å². The number of nitrogens with one attached hydrogen (secondary N) is 1. The summed E-state index contributed by atoms with van der Waals surface area (Å²) in [6.07, 6.45) is -4.85. The minimum absolute atomic E-state index is 0.101. The van der Waals surface area contributed by atoms with E-state index >= 15 is 0 Å². The van der Waals surface area contributed by atoms with Crippen LogP contribution in [-0.4, -0.2) is 41.5 Å². The number of hydrogen-bond donors (Lipinski definition) is 1. The van der Waals surface area contributed by atoms with E-state index in [4.69, 9.17) is 0 Å². The van der Waals surface area contributed by atoms with Crippen LogP contribution in [0.3, 0.4) is 0 Å². The molecule has 0 unspecified atom stereocenters. The quantitative estimate of drug-likeness (QED) is 0.837. The van der Waals surface area contributed by atoms with Crippen molar-refractivity contribution in [2.45, 2.75) is 44.9 Å². The standard InChI is InChI=1S/C16H18F4N2O2/c1-9-3-5-13(17)12(7-9)15(24)22-8-11(21-10(2)23)4-6-14(22)16(18,19)20/h3,5,7,11,14H,4,6,8H2,1-2H3,(H,21,23)/t11-,14+/m0/s1. The SMILES string of the molecule is CC(=O)N[C@H]1CC[C@H](C(F)(F)F)N(C(=O)c2cc(C)ccc2F)C1. The van der Waals surface area contributed by atoms with Crippen LogP contribution in [0.25, 0.3) is 0 Å². The van der Waals surface area contributed by atoms with Gasteiger partial charge >= 0.3 is 6.18 Å². The smallest absolute Gasteiger partial charge is 0.352 e. The summed E-state index contributed by atoms with van der Waals surface area (Å²) in [7, 11) is 0. The lowest BCUT2D eigenvalue weighted by Gasteiger charge is -2.40. The second-order valence-corrected chi connectivity index (χ2v) is 5.97. The highest BCUT2D eigenvalue weighted by Gasteiger charge is 2.48. The Labute approximate surface area is 136 Å². The molecule has 0 spiro atoms. The van der Waals surface area contributed by atoms with E-state index in [0.717, 1.165) is 6.07 Å². The first-order valence-electron chi connectivity index (χ1n) is 7.50. The Hall–Kier alpha value is -2.12. The highest BCUT2D eigenvalue weighted by atomic mass is 19.4. The van der Waals surface area contributed by atoms with Gasteiger partial charge in [-0.25, -0.2) is 4.39 Å². The number of piperidine rings is 1. The Morgan fingerprint density at radius 1 is 1.25 bits per heavy atom. The molecule has 0 aromatic heterocycles. The van der Waals surface area contributed by atoms with Gasteiger partial charge in [0, 0.05) is 19.5 Å². The average Bonchev–Trinajstić information content (AvgIpc) is 2.47. The van der Waals surface area contributed by atoms with E-state index in [0.29, 0.717) is 10.5 Å². The van der Waals surface area contributed by atoms with Gasteiger partial charge in [0.1, 0.15) is 11.9 Å². The fourth-order valence-corrected chi connectivity index (χ4v) is 2.90. The van der Waals surface area contributed by atoms with Crippen molar-refractivity contribution >= 4 is 11.8 Å². The zero-order chi connectivity index (χ0) is 18.1. The number of halogens is 4. The van der Waals surface area contributed by atoms with Gasteiger partial charge in [-0.15, -0.1) is 0 Å². The predicted octanol–water partition coefficient (Wildman–Crippen LogP) is 2.81. The first-order chi connectivity index (χ1) is 11.1. The predicted molar refractivity (Wildman–Crippen MR) is 78.9 cm³/mol. The molecule has 132 valence electrons. The first-order valence-corrected chi connectivity index (χ1v) is 7.50. The molecule has 1 N–H and O–H groups in total.